The monoisotopic (exact) mass is 1120 g/mol. The van der Waals surface area contributed by atoms with E-state index in [1.807, 2.05) is 0 Å². The van der Waals surface area contributed by atoms with Crippen LogP contribution in [0.4, 0.5) is 0 Å². The molecule has 4 heterocycles. The van der Waals surface area contributed by atoms with Gasteiger partial charge >= 0.3 is 5.97 Å². The molecule has 18 N–H and O–H groups in total. The molecule has 28 heteroatoms. The summed E-state index contributed by atoms with van der Waals surface area (Å²) in [6.45, 7) is -0.583. The first kappa shape index (κ1) is 61.2. The summed E-state index contributed by atoms with van der Waals surface area (Å²) in [6, 6.07) is 5.73. The fourth-order valence-corrected chi connectivity index (χ4v) is 10.5. The van der Waals surface area contributed by atoms with Crippen molar-refractivity contribution >= 4 is 87.8 Å². The number of aliphatic hydroxyl groups excluding tert-OH is 1. The molecule has 2 fully saturated rings. The van der Waals surface area contributed by atoms with E-state index in [4.69, 9.17) is 28.7 Å². The first-order chi connectivity index (χ1) is 37.3. The van der Waals surface area contributed by atoms with Crippen molar-refractivity contribution in [3.05, 3.63) is 80.7 Å². The number of aliphatic carboxylic acids is 1. The highest BCUT2D eigenvalue weighted by Gasteiger charge is 2.43. The van der Waals surface area contributed by atoms with E-state index in [1.54, 1.807) is 65.4 Å². The number of likely N-dealkylation sites (tertiary alicyclic amines) is 2. The number of hydrogen-bond acceptors (Lipinski definition) is 15. The quantitative estimate of drug-likeness (QED) is 0.0178. The maximum Gasteiger partial charge on any atom is 0.326 e. The van der Waals surface area contributed by atoms with Gasteiger partial charge in [0.1, 0.15) is 42.3 Å². The first-order valence-electron chi connectivity index (χ1n) is 25.5. The number of rotatable bonds is 30. The number of benzene rings is 1. The maximum atomic E-state index is 14.2. The number of carbonyl (C=O) groups is 9. The highest BCUT2D eigenvalue weighted by atomic mass is 32.1. The summed E-state index contributed by atoms with van der Waals surface area (Å²) in [5, 5.41) is 39.3. The highest BCUT2D eigenvalue weighted by molar-refractivity contribution is 7.10. The van der Waals surface area contributed by atoms with E-state index in [-0.39, 0.29) is 63.7 Å². The van der Waals surface area contributed by atoms with Gasteiger partial charge in [-0.15, -0.1) is 22.7 Å². The molecular formula is C50H71N15O11S2. The van der Waals surface area contributed by atoms with Gasteiger partial charge in [0, 0.05) is 55.2 Å². The lowest BCUT2D eigenvalue weighted by atomic mass is 10.0. The van der Waals surface area contributed by atoms with Crippen LogP contribution in [0.5, 0.6) is 0 Å². The lowest BCUT2D eigenvalue weighted by molar-refractivity contribution is -0.147. The summed E-state index contributed by atoms with van der Waals surface area (Å²) in [6.07, 6.45) is 2.44. The summed E-state index contributed by atoms with van der Waals surface area (Å²) in [5.41, 5.74) is 28.3. The summed E-state index contributed by atoms with van der Waals surface area (Å²) in [5.74, 6) is -7.33. The number of carboxylic acids is 1. The minimum atomic E-state index is -1.67. The van der Waals surface area contributed by atoms with E-state index in [0.29, 0.717) is 60.4 Å². The molecule has 2 aliphatic heterocycles. The number of hydrogen-bond donors (Lipinski definition) is 13. The number of nitrogens with zero attached hydrogens (tertiary/aromatic N) is 4. The number of carbonyl (C=O) groups excluding carboxylic acids is 8. The van der Waals surface area contributed by atoms with Gasteiger partial charge in [-0.2, -0.15) is 0 Å². The second-order valence-corrected chi connectivity index (χ2v) is 20.8. The van der Waals surface area contributed by atoms with Crippen molar-refractivity contribution in [2.75, 3.05) is 39.3 Å². The van der Waals surface area contributed by atoms with Gasteiger partial charge in [-0.05, 0) is 79.8 Å². The number of nitrogens with two attached hydrogens (primary N) is 5. The van der Waals surface area contributed by atoms with Gasteiger partial charge in [0.2, 0.25) is 47.3 Å². The van der Waals surface area contributed by atoms with Crippen molar-refractivity contribution in [1.29, 1.82) is 0 Å². The van der Waals surface area contributed by atoms with E-state index >= 15 is 0 Å². The topological polar surface area (TPSA) is 428 Å². The molecule has 424 valence electrons. The minimum Gasteiger partial charge on any atom is -0.480 e. The van der Waals surface area contributed by atoms with Gasteiger partial charge in [-0.25, -0.2) is 4.79 Å². The summed E-state index contributed by atoms with van der Waals surface area (Å²) < 4.78 is 0. The van der Waals surface area contributed by atoms with Crippen LogP contribution in [0.3, 0.4) is 0 Å². The third kappa shape index (κ3) is 19.1. The lowest BCUT2D eigenvalue weighted by Gasteiger charge is -2.32. The molecule has 8 amide bonds. The Bertz CT molecular complexity index is 2560. The molecule has 0 radical (unpaired) electrons. The zero-order valence-corrected chi connectivity index (χ0v) is 44.7. The Labute approximate surface area is 458 Å². The molecule has 0 aliphatic carbocycles. The van der Waals surface area contributed by atoms with E-state index < -0.39 is 115 Å². The minimum absolute atomic E-state index is 0.0374. The Morgan fingerprint density at radius 1 is 0.615 bits per heavy atom. The van der Waals surface area contributed by atoms with Gasteiger partial charge in [0.05, 0.1) is 19.2 Å². The number of aliphatic hydroxyl groups is 1. The molecule has 0 bridgehead atoms. The predicted octanol–water partition coefficient (Wildman–Crippen LogP) is -3.13. The van der Waals surface area contributed by atoms with Crippen LogP contribution < -0.4 is 60.6 Å². The third-order valence-corrected chi connectivity index (χ3v) is 14.7. The summed E-state index contributed by atoms with van der Waals surface area (Å²) in [4.78, 5) is 135. The van der Waals surface area contributed by atoms with Crippen molar-refractivity contribution in [2.45, 2.75) is 119 Å². The Morgan fingerprint density at radius 3 is 1.65 bits per heavy atom. The van der Waals surface area contributed by atoms with Crippen molar-refractivity contribution in [2.24, 2.45) is 38.7 Å². The van der Waals surface area contributed by atoms with Crippen molar-refractivity contribution in [3.8, 4) is 0 Å². The van der Waals surface area contributed by atoms with Crippen molar-refractivity contribution in [1.82, 2.24) is 41.7 Å². The number of thiophene rings is 2. The Balaban J connectivity index is 1.23. The number of amides is 8. The molecular weight excluding hydrogens is 1050 g/mol. The van der Waals surface area contributed by atoms with Gasteiger partial charge in [0.25, 0.3) is 0 Å². The van der Waals surface area contributed by atoms with Crippen LogP contribution in [0, 0.1) is 0 Å². The fraction of sp³-hybridized carbons (Fsp3) is 0.500. The van der Waals surface area contributed by atoms with E-state index in [1.165, 1.54) is 32.5 Å². The predicted molar refractivity (Wildman–Crippen MR) is 291 cm³/mol. The van der Waals surface area contributed by atoms with Crippen LogP contribution in [0.1, 0.15) is 66.7 Å². The average Bonchev–Trinajstić information content (AvgIpc) is 4.30. The van der Waals surface area contributed by atoms with Crippen LogP contribution >= 0.6 is 22.7 Å². The normalized spacial score (nSPS) is 17.2. The Hall–Kier alpha value is -7.69. The van der Waals surface area contributed by atoms with E-state index in [9.17, 15) is 53.4 Å². The van der Waals surface area contributed by atoms with Gasteiger partial charge in [0.15, 0.2) is 11.9 Å². The van der Waals surface area contributed by atoms with Crippen LogP contribution in [0.15, 0.2) is 75.3 Å². The molecule has 78 heavy (non-hydrogen) atoms. The maximum absolute atomic E-state index is 14.2. The molecule has 0 saturated carbocycles. The van der Waals surface area contributed by atoms with Gasteiger partial charge in [-0.1, -0.05) is 42.5 Å². The third-order valence-electron chi connectivity index (χ3n) is 12.9. The van der Waals surface area contributed by atoms with Crippen molar-refractivity contribution < 1.29 is 53.4 Å². The van der Waals surface area contributed by atoms with E-state index in [2.05, 4.69) is 41.9 Å². The number of nitrogens with one attached hydrogen (secondary N) is 6. The Kier molecular flexibility index (Phi) is 24.2. The zero-order valence-electron chi connectivity index (χ0n) is 43.1. The number of aliphatic imine (C=N–C) groups is 2. The molecule has 8 unspecified atom stereocenters. The standard InChI is InChI=1S/C50H71N15O11S2/c51-32(14-4-18-56-49(52)53)46(73)65-21-7-17-39(65)47(74)64-20-6-16-38(64)45(72)58-27-40(67)59-35(25-30-12-8-22-77-30)42(69)63-37(28-66)44(71)61-34(24-29-10-2-1-3-11-29)41(68)62-36(26-31-13-9-23-78-31)43(70)60-33(48(75)76)15-5-19-57-50(54)55/h1-3,8-13,22-23,32-39,66H,4-7,14-21,24-28,51H2,(H,58,72)(H,59,67)(H,60,70)(H,61,71)(H,62,68)(H,63,69)(H,75,76)(H4,52,53,56)(H4,54,55,57). The molecule has 0 spiro atoms. The number of carboxylic acid groups (broad SMARTS) is 1. The SMILES string of the molecule is NC(N)=NCCCC(N)C(=O)N1CCCC1C(=O)N1CCCC1C(=O)NCC(=O)NC(Cc1cccs1)C(=O)NC(CO)C(=O)NC(Cc1ccccc1)C(=O)NC(Cc1cccs1)C(=O)NC(CCCN=C(N)N)C(=O)O. The molecule has 3 aromatic rings. The largest absolute Gasteiger partial charge is 0.480 e. The smallest absolute Gasteiger partial charge is 0.326 e. The molecule has 1 aromatic carbocycles. The second kappa shape index (κ2) is 30.9. The molecule has 26 nitrogen and oxygen atoms in total. The lowest BCUT2D eigenvalue weighted by Crippen LogP contribution is -2.60. The summed E-state index contributed by atoms with van der Waals surface area (Å²) in [7, 11) is 0. The van der Waals surface area contributed by atoms with E-state index in [0.717, 1.165) is 0 Å². The molecule has 2 aromatic heterocycles. The zero-order chi connectivity index (χ0) is 56.7. The van der Waals surface area contributed by atoms with Crippen LogP contribution in [-0.4, -0.2) is 173 Å². The Morgan fingerprint density at radius 2 is 1.12 bits per heavy atom. The average molecular weight is 1120 g/mol. The van der Waals surface area contributed by atoms with Crippen LogP contribution in [-0.2, 0) is 62.4 Å². The van der Waals surface area contributed by atoms with Gasteiger partial charge in [-0.3, -0.25) is 48.3 Å². The molecule has 5 rings (SSSR count). The summed E-state index contributed by atoms with van der Waals surface area (Å²) >= 11 is 2.59. The molecule has 8 atom stereocenters. The fourth-order valence-electron chi connectivity index (χ4n) is 8.95. The second-order valence-electron chi connectivity index (χ2n) is 18.7. The number of guanidine groups is 2. The first-order valence-corrected chi connectivity index (χ1v) is 27.3. The van der Waals surface area contributed by atoms with Crippen LogP contribution in [0.25, 0.3) is 0 Å². The molecule has 2 aliphatic rings. The highest BCUT2D eigenvalue weighted by Crippen LogP contribution is 2.26. The van der Waals surface area contributed by atoms with Crippen molar-refractivity contribution in [3.63, 3.8) is 0 Å². The molecule has 2 saturated heterocycles. The van der Waals surface area contributed by atoms with Crippen LogP contribution in [0.2, 0.25) is 0 Å². The van der Waals surface area contributed by atoms with Gasteiger partial charge < -0.3 is 80.6 Å².